The molecule has 1 saturated carbocycles. The molecule has 0 atom stereocenters. The highest BCUT2D eigenvalue weighted by Gasteiger charge is 2.35. The van der Waals surface area contributed by atoms with Crippen molar-refractivity contribution in [1.82, 2.24) is 5.32 Å². The number of carboxylic acids is 1. The van der Waals surface area contributed by atoms with Gasteiger partial charge in [-0.3, -0.25) is 9.59 Å². The van der Waals surface area contributed by atoms with Gasteiger partial charge in [0.25, 0.3) is 0 Å². The predicted octanol–water partition coefficient (Wildman–Crippen LogP) is 3.41. The Labute approximate surface area is 138 Å². The Morgan fingerprint density at radius 2 is 1.78 bits per heavy atom. The number of rotatable bonds is 7. The van der Waals surface area contributed by atoms with Crippen LogP contribution in [-0.2, 0) is 16.0 Å². The minimum Gasteiger partial charge on any atom is -0.481 e. The largest absolute Gasteiger partial charge is 0.481 e. The lowest BCUT2D eigenvalue weighted by Crippen LogP contribution is -2.40. The molecule has 4 nitrogen and oxygen atoms in total. The van der Waals surface area contributed by atoms with Crippen LogP contribution in [-0.4, -0.2) is 23.5 Å². The molecule has 23 heavy (non-hydrogen) atoms. The summed E-state index contributed by atoms with van der Waals surface area (Å²) in [5.41, 5.74) is 0.394. The van der Waals surface area contributed by atoms with Gasteiger partial charge in [0, 0.05) is 13.0 Å². The minimum absolute atomic E-state index is 0.0176. The summed E-state index contributed by atoms with van der Waals surface area (Å²) in [7, 11) is 0. The Hall–Kier alpha value is -1.84. The fraction of sp³-hybridized carbons (Fsp3) is 0.579. The Balaban J connectivity index is 1.95. The number of carbonyl (C=O) groups excluding carboxylic acids is 1. The Bertz CT molecular complexity index is 545. The van der Waals surface area contributed by atoms with Crippen molar-refractivity contribution in [1.29, 1.82) is 0 Å². The smallest absolute Gasteiger partial charge is 0.309 e. The average Bonchev–Trinajstić information content (AvgIpc) is 2.94. The van der Waals surface area contributed by atoms with E-state index in [2.05, 4.69) is 17.4 Å². The van der Waals surface area contributed by atoms with Gasteiger partial charge in [0.05, 0.1) is 5.41 Å². The van der Waals surface area contributed by atoms with Crippen molar-refractivity contribution in [2.75, 3.05) is 6.54 Å². The molecule has 0 radical (unpaired) electrons. The molecule has 0 bridgehead atoms. The van der Waals surface area contributed by atoms with Gasteiger partial charge in [-0.1, -0.05) is 43.2 Å². The molecule has 126 valence electrons. The van der Waals surface area contributed by atoms with Crippen LogP contribution in [0.4, 0.5) is 0 Å². The maximum absolute atomic E-state index is 12.1. The van der Waals surface area contributed by atoms with E-state index in [1.807, 2.05) is 18.2 Å². The van der Waals surface area contributed by atoms with Crippen molar-refractivity contribution >= 4 is 11.9 Å². The number of aliphatic carboxylic acids is 1. The summed E-state index contributed by atoms with van der Waals surface area (Å²) < 4.78 is 0. The summed E-state index contributed by atoms with van der Waals surface area (Å²) in [5, 5.41) is 12.1. The molecular formula is C19H27NO3. The maximum atomic E-state index is 12.1. The SMILES string of the molecule is CC(C)(CC(=O)NCC1(Cc2ccccc2)CCCC1)C(=O)O. The molecular weight excluding hydrogens is 290 g/mol. The molecule has 1 aromatic carbocycles. The monoisotopic (exact) mass is 317 g/mol. The van der Waals surface area contributed by atoms with Crippen LogP contribution in [0.15, 0.2) is 30.3 Å². The van der Waals surface area contributed by atoms with Crippen molar-refractivity contribution in [2.45, 2.75) is 52.4 Å². The fourth-order valence-corrected chi connectivity index (χ4v) is 3.40. The van der Waals surface area contributed by atoms with Crippen LogP contribution in [0, 0.1) is 10.8 Å². The highest BCUT2D eigenvalue weighted by Crippen LogP contribution is 2.40. The van der Waals surface area contributed by atoms with Gasteiger partial charge in [0.15, 0.2) is 0 Å². The van der Waals surface area contributed by atoms with Crippen molar-refractivity contribution in [2.24, 2.45) is 10.8 Å². The van der Waals surface area contributed by atoms with E-state index >= 15 is 0 Å². The van der Waals surface area contributed by atoms with Gasteiger partial charge in [-0.15, -0.1) is 0 Å². The van der Waals surface area contributed by atoms with E-state index in [1.165, 1.54) is 18.4 Å². The fourth-order valence-electron chi connectivity index (χ4n) is 3.40. The van der Waals surface area contributed by atoms with Gasteiger partial charge in [-0.2, -0.15) is 0 Å². The van der Waals surface area contributed by atoms with Crippen molar-refractivity contribution in [3.63, 3.8) is 0 Å². The summed E-state index contributed by atoms with van der Waals surface area (Å²) in [6, 6.07) is 10.4. The molecule has 0 saturated heterocycles. The number of benzene rings is 1. The van der Waals surface area contributed by atoms with E-state index in [4.69, 9.17) is 5.11 Å². The van der Waals surface area contributed by atoms with Crippen molar-refractivity contribution < 1.29 is 14.7 Å². The predicted molar refractivity (Wildman–Crippen MR) is 90.1 cm³/mol. The number of carbonyl (C=O) groups is 2. The second-order valence-electron chi connectivity index (χ2n) is 7.51. The van der Waals surface area contributed by atoms with E-state index in [9.17, 15) is 9.59 Å². The Kier molecular flexibility index (Phi) is 5.45. The van der Waals surface area contributed by atoms with E-state index in [1.54, 1.807) is 13.8 Å². The van der Waals surface area contributed by atoms with E-state index in [0.29, 0.717) is 6.54 Å². The van der Waals surface area contributed by atoms with Gasteiger partial charge in [0.1, 0.15) is 0 Å². The van der Waals surface area contributed by atoms with Crippen molar-refractivity contribution in [3.05, 3.63) is 35.9 Å². The van der Waals surface area contributed by atoms with E-state index in [0.717, 1.165) is 19.3 Å². The first-order valence-electron chi connectivity index (χ1n) is 8.37. The van der Waals surface area contributed by atoms with Gasteiger partial charge < -0.3 is 10.4 Å². The third-order valence-corrected chi connectivity index (χ3v) is 4.93. The zero-order chi connectivity index (χ0) is 16.9. The lowest BCUT2D eigenvalue weighted by Gasteiger charge is -2.30. The normalized spacial score (nSPS) is 17.0. The van der Waals surface area contributed by atoms with Gasteiger partial charge in [-0.05, 0) is 44.1 Å². The van der Waals surface area contributed by atoms with Gasteiger partial charge in [-0.25, -0.2) is 0 Å². The quantitative estimate of drug-likeness (QED) is 0.810. The summed E-state index contributed by atoms with van der Waals surface area (Å²) in [6.45, 7) is 3.81. The van der Waals surface area contributed by atoms with Crippen molar-refractivity contribution in [3.8, 4) is 0 Å². The Morgan fingerprint density at radius 1 is 1.17 bits per heavy atom. The first kappa shape index (κ1) is 17.5. The third-order valence-electron chi connectivity index (χ3n) is 4.93. The summed E-state index contributed by atoms with van der Waals surface area (Å²) in [4.78, 5) is 23.3. The summed E-state index contributed by atoms with van der Waals surface area (Å²) in [6.07, 6.45) is 5.61. The molecule has 0 heterocycles. The number of carboxylic acid groups (broad SMARTS) is 1. The molecule has 4 heteroatoms. The summed E-state index contributed by atoms with van der Waals surface area (Å²) in [5.74, 6) is -1.11. The topological polar surface area (TPSA) is 66.4 Å². The lowest BCUT2D eigenvalue weighted by atomic mass is 9.79. The molecule has 0 unspecified atom stereocenters. The second-order valence-corrected chi connectivity index (χ2v) is 7.51. The molecule has 1 fully saturated rings. The van der Waals surface area contributed by atoms with Crippen LogP contribution in [0.5, 0.6) is 0 Å². The zero-order valence-corrected chi connectivity index (χ0v) is 14.1. The van der Waals surface area contributed by atoms with Crippen LogP contribution in [0.2, 0.25) is 0 Å². The lowest BCUT2D eigenvalue weighted by molar-refractivity contribution is -0.149. The number of hydrogen-bond donors (Lipinski definition) is 2. The molecule has 0 aliphatic heterocycles. The molecule has 2 rings (SSSR count). The zero-order valence-electron chi connectivity index (χ0n) is 14.1. The van der Waals surface area contributed by atoms with E-state index in [-0.39, 0.29) is 17.7 Å². The minimum atomic E-state index is -1.02. The van der Waals surface area contributed by atoms with Crippen LogP contribution in [0.1, 0.15) is 51.5 Å². The van der Waals surface area contributed by atoms with E-state index < -0.39 is 11.4 Å². The summed E-state index contributed by atoms with van der Waals surface area (Å²) >= 11 is 0. The molecule has 1 amide bonds. The standard InChI is InChI=1S/C19H27NO3/c1-18(2,17(22)23)13-16(21)20-14-19(10-6-7-11-19)12-15-8-4-3-5-9-15/h3-5,8-9H,6-7,10-14H2,1-2H3,(H,20,21)(H,22,23). The molecule has 0 spiro atoms. The number of hydrogen-bond acceptors (Lipinski definition) is 2. The van der Waals surface area contributed by atoms with Crippen LogP contribution >= 0.6 is 0 Å². The highest BCUT2D eigenvalue weighted by molar-refractivity contribution is 5.84. The number of amides is 1. The van der Waals surface area contributed by atoms with Crippen LogP contribution < -0.4 is 5.32 Å². The molecule has 1 aromatic rings. The third kappa shape index (κ3) is 4.81. The molecule has 0 aromatic heterocycles. The number of nitrogens with one attached hydrogen (secondary N) is 1. The van der Waals surface area contributed by atoms with Crippen LogP contribution in [0.25, 0.3) is 0 Å². The maximum Gasteiger partial charge on any atom is 0.309 e. The first-order valence-corrected chi connectivity index (χ1v) is 8.37. The highest BCUT2D eigenvalue weighted by atomic mass is 16.4. The molecule has 1 aliphatic carbocycles. The second kappa shape index (κ2) is 7.16. The van der Waals surface area contributed by atoms with Gasteiger partial charge in [0.2, 0.25) is 5.91 Å². The first-order chi connectivity index (χ1) is 10.8. The average molecular weight is 317 g/mol. The van der Waals surface area contributed by atoms with Gasteiger partial charge >= 0.3 is 5.97 Å². The van der Waals surface area contributed by atoms with Crippen LogP contribution in [0.3, 0.4) is 0 Å². The molecule has 2 N–H and O–H groups in total. The Morgan fingerprint density at radius 3 is 2.35 bits per heavy atom. The molecule has 1 aliphatic rings.